The lowest BCUT2D eigenvalue weighted by molar-refractivity contribution is 0.505. The highest BCUT2D eigenvalue weighted by Gasteiger charge is 1.58. The third-order valence-corrected chi connectivity index (χ3v) is 0. The number of hydrogen-bond donors (Lipinski definition) is 1. The first-order valence-electron chi connectivity index (χ1n) is 2.34. The Balaban J connectivity index is 0. The van der Waals surface area contributed by atoms with Crippen LogP contribution in [-0.4, -0.2) is 40.1 Å². The van der Waals surface area contributed by atoms with Gasteiger partial charge in [0.1, 0.15) is 0 Å². The Hall–Kier alpha value is -0.0800. The van der Waals surface area contributed by atoms with Crippen molar-refractivity contribution in [2.45, 2.75) is 0 Å². The minimum atomic E-state index is 1.88. The second-order valence-corrected chi connectivity index (χ2v) is 1.84. The van der Waals surface area contributed by atoms with Gasteiger partial charge in [-0.1, -0.05) is 0 Å². The van der Waals surface area contributed by atoms with E-state index in [4.69, 9.17) is 0 Å². The standard InChI is InChI=1S/C3H9N.C2H7N/c1-4(2)3;1-3-2/h1-3H3;3H,1-2H3. The van der Waals surface area contributed by atoms with Crippen LogP contribution in [-0.2, 0) is 0 Å². The summed E-state index contributed by atoms with van der Waals surface area (Å²) in [5.74, 6) is 0. The highest BCUT2D eigenvalue weighted by atomic mass is 15.0. The zero-order valence-corrected chi connectivity index (χ0v) is 5.95. The minimum Gasteiger partial charge on any atom is -0.323 e. The van der Waals surface area contributed by atoms with E-state index in [0.717, 1.165) is 0 Å². The lowest BCUT2D eigenvalue weighted by atomic mass is 11.0. The fourth-order valence-corrected chi connectivity index (χ4v) is 0. The minimum absolute atomic E-state index is 1.88. The number of hydrogen-bond acceptors (Lipinski definition) is 2. The van der Waals surface area contributed by atoms with Gasteiger partial charge in [-0.15, -0.1) is 0 Å². The average Bonchev–Trinajstić information content (AvgIpc) is 1.33. The van der Waals surface area contributed by atoms with E-state index in [1.54, 1.807) is 0 Å². The van der Waals surface area contributed by atoms with Gasteiger partial charge in [0.25, 0.3) is 0 Å². The maximum atomic E-state index is 2.75. The molecule has 0 atom stereocenters. The van der Waals surface area contributed by atoms with Crippen molar-refractivity contribution in [2.75, 3.05) is 35.2 Å². The summed E-state index contributed by atoms with van der Waals surface area (Å²) in [6.07, 6.45) is 0. The van der Waals surface area contributed by atoms with E-state index in [1.165, 1.54) is 0 Å². The molecule has 0 amide bonds. The summed E-state index contributed by atoms with van der Waals surface area (Å²) in [6, 6.07) is 0. The van der Waals surface area contributed by atoms with Crippen molar-refractivity contribution in [1.29, 1.82) is 0 Å². The summed E-state index contributed by atoms with van der Waals surface area (Å²) in [4.78, 5) is 2.00. The van der Waals surface area contributed by atoms with Gasteiger partial charge in [0.05, 0.1) is 0 Å². The van der Waals surface area contributed by atoms with Crippen molar-refractivity contribution >= 4 is 0 Å². The third kappa shape index (κ3) is 14200. The molecule has 0 bridgehead atoms. The SMILES string of the molecule is CN(C)C.CNC. The average molecular weight is 104 g/mol. The zero-order chi connectivity index (χ0) is 6.28. The van der Waals surface area contributed by atoms with Crippen LogP contribution < -0.4 is 5.32 Å². The van der Waals surface area contributed by atoms with Crippen LogP contribution in [0.4, 0.5) is 0 Å². The van der Waals surface area contributed by atoms with Crippen LogP contribution in [0.3, 0.4) is 0 Å². The molecule has 2 heteroatoms. The van der Waals surface area contributed by atoms with Crippen LogP contribution in [0, 0.1) is 0 Å². The molecule has 0 rings (SSSR count). The summed E-state index contributed by atoms with van der Waals surface area (Å²) < 4.78 is 0. The molecule has 0 heterocycles. The van der Waals surface area contributed by atoms with Gasteiger partial charge in [0.15, 0.2) is 0 Å². The molecule has 1 N–H and O–H groups in total. The van der Waals surface area contributed by atoms with E-state index < -0.39 is 0 Å². The zero-order valence-electron chi connectivity index (χ0n) is 5.95. The van der Waals surface area contributed by atoms with Crippen molar-refractivity contribution in [1.82, 2.24) is 10.2 Å². The first kappa shape index (κ1) is 10.0. The van der Waals surface area contributed by atoms with Crippen molar-refractivity contribution < 1.29 is 0 Å². The Morgan fingerprint density at radius 3 is 1.00 bits per heavy atom. The van der Waals surface area contributed by atoms with Crippen LogP contribution in [0.1, 0.15) is 0 Å². The topological polar surface area (TPSA) is 15.3 Å². The molecule has 0 aromatic rings. The Morgan fingerprint density at radius 2 is 1.00 bits per heavy atom. The Bertz CT molecular complexity index is 17.3. The Morgan fingerprint density at radius 1 is 1.00 bits per heavy atom. The molecule has 0 aliphatic carbocycles. The number of nitrogens with zero attached hydrogens (tertiary/aromatic N) is 1. The summed E-state index contributed by atoms with van der Waals surface area (Å²) in [7, 11) is 9.75. The normalized spacial score (nSPS) is 7.71. The van der Waals surface area contributed by atoms with E-state index in [1.807, 2.05) is 40.1 Å². The van der Waals surface area contributed by atoms with Gasteiger partial charge in [-0.2, -0.15) is 0 Å². The third-order valence-electron chi connectivity index (χ3n) is 0. The van der Waals surface area contributed by atoms with Crippen LogP contribution in [0.5, 0.6) is 0 Å². The van der Waals surface area contributed by atoms with Gasteiger partial charge in [-0.25, -0.2) is 0 Å². The molecule has 0 aromatic carbocycles. The lowest BCUT2D eigenvalue weighted by Crippen LogP contribution is -1.99. The molecule has 0 saturated carbocycles. The molecule has 0 unspecified atom stereocenters. The van der Waals surface area contributed by atoms with Gasteiger partial charge in [0.2, 0.25) is 0 Å². The van der Waals surface area contributed by atoms with Gasteiger partial charge < -0.3 is 10.2 Å². The molecular formula is C5H16N2. The molecule has 2 nitrogen and oxygen atoms in total. The van der Waals surface area contributed by atoms with Crippen LogP contribution in [0.25, 0.3) is 0 Å². The van der Waals surface area contributed by atoms with Crippen LogP contribution >= 0.6 is 0 Å². The summed E-state index contributed by atoms with van der Waals surface area (Å²) in [6.45, 7) is 0. The van der Waals surface area contributed by atoms with E-state index in [2.05, 4.69) is 5.32 Å². The van der Waals surface area contributed by atoms with E-state index in [-0.39, 0.29) is 0 Å². The second kappa shape index (κ2) is 9.33. The summed E-state index contributed by atoms with van der Waals surface area (Å²) in [5.41, 5.74) is 0. The molecule has 0 aromatic heterocycles. The van der Waals surface area contributed by atoms with Gasteiger partial charge >= 0.3 is 0 Å². The Labute approximate surface area is 46.5 Å². The van der Waals surface area contributed by atoms with Crippen molar-refractivity contribution in [3.63, 3.8) is 0 Å². The quantitative estimate of drug-likeness (QED) is 0.466. The predicted octanol–water partition coefficient (Wildman–Crippen LogP) is 0.0134. The fraction of sp³-hybridized carbons (Fsp3) is 1.00. The molecule has 46 valence electrons. The van der Waals surface area contributed by atoms with Crippen molar-refractivity contribution in [2.24, 2.45) is 0 Å². The molecule has 7 heavy (non-hydrogen) atoms. The summed E-state index contributed by atoms with van der Waals surface area (Å²) >= 11 is 0. The molecule has 0 aliphatic heterocycles. The molecule has 0 fully saturated rings. The largest absolute Gasteiger partial charge is 0.323 e. The van der Waals surface area contributed by atoms with Crippen LogP contribution in [0.2, 0.25) is 0 Å². The van der Waals surface area contributed by atoms with E-state index >= 15 is 0 Å². The number of nitrogens with one attached hydrogen (secondary N) is 1. The molecule has 0 radical (unpaired) electrons. The molecule has 0 aliphatic rings. The van der Waals surface area contributed by atoms with E-state index in [0.29, 0.717) is 0 Å². The van der Waals surface area contributed by atoms with Gasteiger partial charge in [0, 0.05) is 0 Å². The first-order chi connectivity index (χ1) is 3.15. The fourth-order valence-electron chi connectivity index (χ4n) is 0. The first-order valence-corrected chi connectivity index (χ1v) is 2.34. The monoisotopic (exact) mass is 104 g/mol. The van der Waals surface area contributed by atoms with Gasteiger partial charge in [-0.3, -0.25) is 0 Å². The summed E-state index contributed by atoms with van der Waals surface area (Å²) in [5, 5.41) is 2.75. The molecular weight excluding hydrogens is 88.1 g/mol. The van der Waals surface area contributed by atoms with Gasteiger partial charge in [-0.05, 0) is 35.2 Å². The highest BCUT2D eigenvalue weighted by Crippen LogP contribution is 1.47. The predicted molar refractivity (Wildman–Crippen MR) is 34.6 cm³/mol. The van der Waals surface area contributed by atoms with Crippen molar-refractivity contribution in [3.8, 4) is 0 Å². The smallest absolute Gasteiger partial charge is 0.0140 e. The molecule has 0 saturated heterocycles. The molecule has 0 spiro atoms. The second-order valence-electron chi connectivity index (χ2n) is 1.84. The van der Waals surface area contributed by atoms with Crippen molar-refractivity contribution in [3.05, 3.63) is 0 Å². The number of rotatable bonds is 0. The van der Waals surface area contributed by atoms with Crippen LogP contribution in [0.15, 0.2) is 0 Å². The maximum absolute atomic E-state index is 2.75. The highest BCUT2D eigenvalue weighted by molar-refractivity contribution is 4.09. The maximum Gasteiger partial charge on any atom is -0.0140 e. The Kier molecular flexibility index (Phi) is 13.3. The van der Waals surface area contributed by atoms with E-state index in [9.17, 15) is 0 Å². The lowest BCUT2D eigenvalue weighted by Gasteiger charge is -1.90.